The van der Waals surface area contributed by atoms with E-state index in [-0.39, 0.29) is 24.9 Å². The Kier molecular flexibility index (Phi) is 6.53. The fourth-order valence-corrected chi connectivity index (χ4v) is 2.98. The van der Waals surface area contributed by atoms with Crippen LogP contribution in [0.1, 0.15) is 5.76 Å². The quantitative estimate of drug-likeness (QED) is 0.538. The monoisotopic (exact) mass is 401 g/mol. The first-order valence-electron chi connectivity index (χ1n) is 9.49. The number of piperazine rings is 1. The van der Waals surface area contributed by atoms with Gasteiger partial charge in [0, 0.05) is 53.4 Å². The Morgan fingerprint density at radius 3 is 2.83 bits per heavy atom. The molecular formula is C19H27N7O3. The number of aryl methyl sites for hydroxylation is 1. The van der Waals surface area contributed by atoms with E-state index >= 15 is 0 Å². The smallest absolute Gasteiger partial charge is 0.246 e. The zero-order valence-corrected chi connectivity index (χ0v) is 17.0. The first-order valence-corrected chi connectivity index (χ1v) is 9.49. The Morgan fingerprint density at radius 1 is 1.38 bits per heavy atom. The number of hydrogen-bond donors (Lipinski definition) is 1. The molecule has 10 heteroatoms. The lowest BCUT2D eigenvalue weighted by molar-refractivity contribution is -0.127. The fourth-order valence-electron chi connectivity index (χ4n) is 2.98. The third-order valence-corrected chi connectivity index (χ3v) is 4.62. The summed E-state index contributed by atoms with van der Waals surface area (Å²) in [4.78, 5) is 34.2. The van der Waals surface area contributed by atoms with Crippen LogP contribution in [0.25, 0.3) is 0 Å². The molecule has 0 saturated carbocycles. The third-order valence-electron chi connectivity index (χ3n) is 4.62. The van der Waals surface area contributed by atoms with Gasteiger partial charge >= 0.3 is 0 Å². The van der Waals surface area contributed by atoms with Crippen molar-refractivity contribution in [2.24, 2.45) is 12.0 Å². The minimum atomic E-state index is -0.101. The average Bonchev–Trinajstić information content (AvgIpc) is 3.35. The van der Waals surface area contributed by atoms with Crippen molar-refractivity contribution in [3.8, 4) is 0 Å². The van der Waals surface area contributed by atoms with Gasteiger partial charge in [-0.15, -0.1) is 0 Å². The molecule has 0 bridgehead atoms. The molecule has 1 fully saturated rings. The average molecular weight is 401 g/mol. The number of nitrogens with zero attached hydrogens (tertiary/aromatic N) is 6. The van der Waals surface area contributed by atoms with Crippen LogP contribution in [0.2, 0.25) is 0 Å². The van der Waals surface area contributed by atoms with E-state index in [1.165, 1.54) is 4.90 Å². The van der Waals surface area contributed by atoms with Crippen LogP contribution in [0.5, 0.6) is 0 Å². The van der Waals surface area contributed by atoms with E-state index in [0.29, 0.717) is 32.0 Å². The minimum absolute atomic E-state index is 0.0209. The number of likely N-dealkylation sites (N-methyl/N-ethyl adjacent to an activating group) is 1. The van der Waals surface area contributed by atoms with Crippen molar-refractivity contribution in [2.45, 2.75) is 6.42 Å². The summed E-state index contributed by atoms with van der Waals surface area (Å²) in [5.74, 6) is 1.27. The molecule has 2 aromatic heterocycles. The summed E-state index contributed by atoms with van der Waals surface area (Å²) in [5.41, 5.74) is 0.782. The number of nitrogens with one attached hydrogen (secondary N) is 1. The van der Waals surface area contributed by atoms with Crippen molar-refractivity contribution in [3.63, 3.8) is 0 Å². The van der Waals surface area contributed by atoms with Gasteiger partial charge < -0.3 is 24.4 Å². The standard InChI is InChI=1S/C19H27N7O3/c1-23(2)17(27)12-21-19(20-7-6-16-5-4-10-29-16)25-8-9-26(18(28)14-25)15-11-22-24(3)13-15/h4-5,10-11,13H,6-9,12,14H2,1-3H3,(H,20,21). The SMILES string of the molecule is CN(C)C(=O)CN=C(NCCc1ccco1)N1CCN(c2cnn(C)c2)C(=O)C1. The van der Waals surface area contributed by atoms with Gasteiger partial charge in [-0.3, -0.25) is 14.3 Å². The number of aliphatic imine (C=N–C) groups is 1. The molecule has 1 saturated heterocycles. The number of amides is 2. The Hall–Kier alpha value is -3.30. The maximum absolute atomic E-state index is 12.7. The van der Waals surface area contributed by atoms with Crippen LogP contribution in [0, 0.1) is 0 Å². The Labute approximate surface area is 169 Å². The number of carbonyl (C=O) groups is 2. The van der Waals surface area contributed by atoms with Crippen molar-refractivity contribution < 1.29 is 14.0 Å². The number of anilines is 1. The summed E-state index contributed by atoms with van der Waals surface area (Å²) in [6.45, 7) is 1.90. The molecular weight excluding hydrogens is 374 g/mol. The maximum atomic E-state index is 12.7. The van der Waals surface area contributed by atoms with Crippen molar-refractivity contribution in [3.05, 3.63) is 36.5 Å². The van der Waals surface area contributed by atoms with E-state index in [4.69, 9.17) is 4.42 Å². The summed E-state index contributed by atoms with van der Waals surface area (Å²) < 4.78 is 7.02. The lowest BCUT2D eigenvalue weighted by Gasteiger charge is -2.35. The largest absolute Gasteiger partial charge is 0.469 e. The normalized spacial score (nSPS) is 15.0. The third kappa shape index (κ3) is 5.37. The highest BCUT2D eigenvalue weighted by molar-refractivity contribution is 5.98. The highest BCUT2D eigenvalue weighted by atomic mass is 16.3. The van der Waals surface area contributed by atoms with Crippen LogP contribution in [0.4, 0.5) is 5.69 Å². The molecule has 0 unspecified atom stereocenters. The Morgan fingerprint density at radius 2 is 2.21 bits per heavy atom. The molecule has 0 spiro atoms. The Balaban J connectivity index is 1.65. The van der Waals surface area contributed by atoms with Gasteiger partial charge in [0.05, 0.1) is 18.1 Å². The molecule has 1 N–H and O–H groups in total. The van der Waals surface area contributed by atoms with Crippen molar-refractivity contribution in [2.75, 3.05) is 51.7 Å². The molecule has 2 amide bonds. The zero-order valence-electron chi connectivity index (χ0n) is 17.0. The molecule has 1 aliphatic heterocycles. The van der Waals surface area contributed by atoms with Gasteiger partial charge in [-0.2, -0.15) is 5.10 Å². The van der Waals surface area contributed by atoms with Crippen LogP contribution in [0.15, 0.2) is 40.2 Å². The zero-order chi connectivity index (χ0) is 20.8. The number of aromatic nitrogens is 2. The molecule has 3 rings (SSSR count). The highest BCUT2D eigenvalue weighted by Crippen LogP contribution is 2.16. The Bertz CT molecular complexity index is 857. The van der Waals surface area contributed by atoms with E-state index in [1.54, 1.807) is 36.1 Å². The summed E-state index contributed by atoms with van der Waals surface area (Å²) in [6, 6.07) is 3.75. The van der Waals surface area contributed by atoms with Gasteiger partial charge in [0.25, 0.3) is 0 Å². The van der Waals surface area contributed by atoms with Crippen LogP contribution in [-0.4, -0.2) is 84.2 Å². The van der Waals surface area contributed by atoms with Crippen molar-refractivity contribution in [1.29, 1.82) is 0 Å². The first-order chi connectivity index (χ1) is 13.9. The molecule has 1 aliphatic rings. The lowest BCUT2D eigenvalue weighted by atomic mass is 10.3. The van der Waals surface area contributed by atoms with Gasteiger partial charge in [0.2, 0.25) is 11.8 Å². The number of carbonyl (C=O) groups excluding carboxylic acids is 2. The lowest BCUT2D eigenvalue weighted by Crippen LogP contribution is -2.55. The highest BCUT2D eigenvalue weighted by Gasteiger charge is 2.28. The summed E-state index contributed by atoms with van der Waals surface area (Å²) >= 11 is 0. The second-order valence-electron chi connectivity index (χ2n) is 7.02. The van der Waals surface area contributed by atoms with Crippen molar-refractivity contribution >= 4 is 23.5 Å². The van der Waals surface area contributed by atoms with Gasteiger partial charge in [0.15, 0.2) is 5.96 Å². The molecule has 0 aliphatic carbocycles. The first kappa shape index (κ1) is 20.4. The van der Waals surface area contributed by atoms with Crippen LogP contribution in [-0.2, 0) is 23.1 Å². The second kappa shape index (κ2) is 9.26. The maximum Gasteiger partial charge on any atom is 0.246 e. The van der Waals surface area contributed by atoms with Gasteiger partial charge in [0.1, 0.15) is 18.8 Å². The van der Waals surface area contributed by atoms with Crippen molar-refractivity contribution in [1.82, 2.24) is 24.9 Å². The predicted molar refractivity (Wildman–Crippen MR) is 109 cm³/mol. The topological polar surface area (TPSA) is 99.2 Å². The van der Waals surface area contributed by atoms with E-state index in [1.807, 2.05) is 30.3 Å². The fraction of sp³-hybridized carbons (Fsp3) is 0.474. The van der Waals surface area contributed by atoms with Gasteiger partial charge in [-0.05, 0) is 12.1 Å². The van der Waals surface area contributed by atoms with E-state index < -0.39 is 0 Å². The van der Waals surface area contributed by atoms with Crippen LogP contribution >= 0.6 is 0 Å². The van der Waals surface area contributed by atoms with Crippen LogP contribution in [0.3, 0.4) is 0 Å². The molecule has 156 valence electrons. The summed E-state index contributed by atoms with van der Waals surface area (Å²) in [6.07, 6.45) is 5.81. The molecule has 0 radical (unpaired) electrons. The summed E-state index contributed by atoms with van der Waals surface area (Å²) in [7, 11) is 5.20. The number of hydrogen-bond acceptors (Lipinski definition) is 5. The van der Waals surface area contributed by atoms with Gasteiger partial charge in [-0.1, -0.05) is 0 Å². The number of guanidine groups is 1. The predicted octanol–water partition coefficient (Wildman–Crippen LogP) is -0.0618. The molecule has 2 aromatic rings. The van der Waals surface area contributed by atoms with Crippen LogP contribution < -0.4 is 10.2 Å². The minimum Gasteiger partial charge on any atom is -0.469 e. The molecule has 3 heterocycles. The number of rotatable bonds is 6. The van der Waals surface area contributed by atoms with E-state index in [2.05, 4.69) is 15.4 Å². The van der Waals surface area contributed by atoms with Gasteiger partial charge in [-0.25, -0.2) is 4.99 Å². The molecule has 0 atom stereocenters. The van der Waals surface area contributed by atoms with E-state index in [9.17, 15) is 9.59 Å². The molecule has 0 aromatic carbocycles. The second-order valence-corrected chi connectivity index (χ2v) is 7.02. The molecule has 10 nitrogen and oxygen atoms in total. The molecule has 29 heavy (non-hydrogen) atoms. The summed E-state index contributed by atoms with van der Waals surface area (Å²) in [5, 5.41) is 7.39. The van der Waals surface area contributed by atoms with E-state index in [0.717, 1.165) is 11.4 Å². The number of furan rings is 1.